The Kier molecular flexibility index (Phi) is 10.6. The zero-order valence-electron chi connectivity index (χ0n) is 17.2. The maximum Gasteiger partial charge on any atom is 0.333 e. The van der Waals surface area contributed by atoms with Crippen LogP contribution in [0.15, 0.2) is 18.2 Å². The van der Waals surface area contributed by atoms with Gasteiger partial charge in [-0.2, -0.15) is 0 Å². The third-order valence-corrected chi connectivity index (χ3v) is 4.44. The molecular formula is C20H30N2O9. The molecule has 3 unspecified atom stereocenters. The second kappa shape index (κ2) is 13.2. The lowest BCUT2D eigenvalue weighted by atomic mass is 10.0. The minimum absolute atomic E-state index is 0.0384. The second-order valence-corrected chi connectivity index (χ2v) is 6.89. The van der Waals surface area contributed by atoms with E-state index < -0.39 is 30.4 Å². The first-order chi connectivity index (χ1) is 14.9. The number of amides is 1. The lowest BCUT2D eigenvalue weighted by molar-refractivity contribution is -0.195. The summed E-state index contributed by atoms with van der Waals surface area (Å²) in [7, 11) is 0. The van der Waals surface area contributed by atoms with Crippen LogP contribution in [0, 0.1) is 0 Å². The van der Waals surface area contributed by atoms with Gasteiger partial charge in [0.05, 0.1) is 44.7 Å². The third-order valence-electron chi connectivity index (χ3n) is 4.44. The summed E-state index contributed by atoms with van der Waals surface area (Å²) >= 11 is 0. The summed E-state index contributed by atoms with van der Waals surface area (Å²) in [5, 5.41) is 31.1. The Morgan fingerprint density at radius 2 is 1.90 bits per heavy atom. The molecule has 1 fully saturated rings. The highest BCUT2D eigenvalue weighted by Gasteiger charge is 2.34. The summed E-state index contributed by atoms with van der Waals surface area (Å²) in [4.78, 5) is 23.8. The van der Waals surface area contributed by atoms with Crippen LogP contribution in [0.4, 0.5) is 0 Å². The predicted molar refractivity (Wildman–Crippen MR) is 108 cm³/mol. The minimum atomic E-state index is -1.20. The highest BCUT2D eigenvalue weighted by atomic mass is 16.7. The fourth-order valence-electron chi connectivity index (χ4n) is 2.93. The molecule has 6 N–H and O–H groups in total. The van der Waals surface area contributed by atoms with Crippen LogP contribution in [0.5, 0.6) is 5.75 Å². The Morgan fingerprint density at radius 1 is 1.16 bits per heavy atom. The van der Waals surface area contributed by atoms with Gasteiger partial charge in [-0.25, -0.2) is 4.79 Å². The molecule has 0 spiro atoms. The molecule has 0 aliphatic carbocycles. The number of carbonyl (C=O) groups is 2. The number of nitrogens with two attached hydrogens (primary N) is 1. The van der Waals surface area contributed by atoms with Crippen LogP contribution in [0.3, 0.4) is 0 Å². The number of hydrogen-bond donors (Lipinski definition) is 5. The monoisotopic (exact) mass is 442 g/mol. The number of aliphatic hydroxyl groups excluding tert-OH is 2. The minimum Gasteiger partial charge on any atom is -0.479 e. The summed E-state index contributed by atoms with van der Waals surface area (Å²) in [6.07, 6.45) is -3.11. The molecule has 2 rings (SSSR count). The summed E-state index contributed by atoms with van der Waals surface area (Å²) in [5.74, 6) is -1.51. The van der Waals surface area contributed by atoms with Crippen molar-refractivity contribution in [1.82, 2.24) is 5.32 Å². The van der Waals surface area contributed by atoms with Gasteiger partial charge in [-0.1, -0.05) is 6.07 Å². The van der Waals surface area contributed by atoms with Crippen LogP contribution in [0.25, 0.3) is 0 Å². The first-order valence-corrected chi connectivity index (χ1v) is 10.0. The number of carboxylic acid groups (broad SMARTS) is 1. The molecular weight excluding hydrogens is 412 g/mol. The highest BCUT2D eigenvalue weighted by Crippen LogP contribution is 2.27. The molecule has 11 nitrogen and oxygen atoms in total. The van der Waals surface area contributed by atoms with E-state index in [9.17, 15) is 19.8 Å². The van der Waals surface area contributed by atoms with Crippen LogP contribution in [0.2, 0.25) is 0 Å². The van der Waals surface area contributed by atoms with E-state index >= 15 is 0 Å². The Bertz CT molecular complexity index is 716. The van der Waals surface area contributed by atoms with Gasteiger partial charge in [-0.05, 0) is 17.7 Å². The van der Waals surface area contributed by atoms with Crippen molar-refractivity contribution < 1.29 is 43.9 Å². The van der Waals surface area contributed by atoms with E-state index in [-0.39, 0.29) is 43.9 Å². The van der Waals surface area contributed by atoms with Crippen LogP contribution < -0.4 is 15.8 Å². The van der Waals surface area contributed by atoms with Gasteiger partial charge in [0.2, 0.25) is 6.29 Å². The highest BCUT2D eigenvalue weighted by molar-refractivity contribution is 5.97. The first-order valence-electron chi connectivity index (χ1n) is 10.0. The molecule has 1 heterocycles. The number of rotatable bonds is 13. The van der Waals surface area contributed by atoms with Gasteiger partial charge in [0, 0.05) is 25.9 Å². The van der Waals surface area contributed by atoms with Crippen molar-refractivity contribution in [3.63, 3.8) is 0 Å². The molecule has 1 saturated heterocycles. The van der Waals surface area contributed by atoms with E-state index in [1.807, 2.05) is 0 Å². The Balaban J connectivity index is 1.94. The SMILES string of the molecule is NCCOCCOCCNC(=O)c1cc(CO)ccc1OC1CC(O)CC(C(=O)O)O1. The van der Waals surface area contributed by atoms with Gasteiger partial charge in [0.15, 0.2) is 6.10 Å². The van der Waals surface area contributed by atoms with E-state index in [0.717, 1.165) is 0 Å². The lowest BCUT2D eigenvalue weighted by Crippen LogP contribution is -2.42. The number of aliphatic carboxylic acids is 1. The predicted octanol–water partition coefficient (Wildman–Crippen LogP) is -0.770. The van der Waals surface area contributed by atoms with E-state index in [1.165, 1.54) is 12.1 Å². The Hall–Kier alpha value is -2.28. The zero-order valence-corrected chi connectivity index (χ0v) is 17.2. The summed E-state index contributed by atoms with van der Waals surface area (Å²) in [6, 6.07) is 4.54. The fraction of sp³-hybridized carbons (Fsp3) is 0.600. The number of carboxylic acids is 1. The van der Waals surface area contributed by atoms with Gasteiger partial charge in [-0.3, -0.25) is 4.79 Å². The van der Waals surface area contributed by atoms with Crippen LogP contribution >= 0.6 is 0 Å². The molecule has 0 bridgehead atoms. The molecule has 1 aromatic rings. The molecule has 1 amide bonds. The lowest BCUT2D eigenvalue weighted by Gasteiger charge is -2.31. The molecule has 1 aliphatic heterocycles. The van der Waals surface area contributed by atoms with Gasteiger partial charge >= 0.3 is 5.97 Å². The maximum atomic E-state index is 12.6. The van der Waals surface area contributed by atoms with E-state index in [0.29, 0.717) is 31.9 Å². The van der Waals surface area contributed by atoms with Gasteiger partial charge in [0.25, 0.3) is 5.91 Å². The number of nitrogens with one attached hydrogen (secondary N) is 1. The van der Waals surface area contributed by atoms with E-state index in [2.05, 4.69) is 5.32 Å². The first kappa shape index (κ1) is 25.0. The van der Waals surface area contributed by atoms with E-state index in [1.54, 1.807) is 6.07 Å². The van der Waals surface area contributed by atoms with Crippen molar-refractivity contribution in [2.45, 2.75) is 37.9 Å². The normalized spacial score (nSPS) is 20.9. The number of benzene rings is 1. The third kappa shape index (κ3) is 8.40. The van der Waals surface area contributed by atoms with Crippen molar-refractivity contribution in [2.75, 3.05) is 39.5 Å². The number of aliphatic hydroxyl groups is 2. The molecule has 174 valence electrons. The topological polar surface area (TPSA) is 170 Å². The van der Waals surface area contributed by atoms with Crippen molar-refractivity contribution in [2.24, 2.45) is 5.73 Å². The standard InChI is InChI=1S/C20H30N2O9/c21-3-5-28-7-8-29-6-4-22-19(25)15-9-13(12-23)1-2-16(15)30-18-11-14(24)10-17(31-18)20(26)27/h1-2,9,14,17-18,23-24H,3-8,10-12,21H2,(H,22,25)(H,26,27). The Labute approximate surface area is 180 Å². The molecule has 0 saturated carbocycles. The Morgan fingerprint density at radius 3 is 2.58 bits per heavy atom. The summed E-state index contributed by atoms with van der Waals surface area (Å²) in [5.41, 5.74) is 5.96. The smallest absolute Gasteiger partial charge is 0.333 e. The largest absolute Gasteiger partial charge is 0.479 e. The van der Waals surface area contributed by atoms with E-state index in [4.69, 9.17) is 29.8 Å². The fourth-order valence-corrected chi connectivity index (χ4v) is 2.93. The summed E-state index contributed by atoms with van der Waals surface area (Å²) < 4.78 is 21.6. The maximum absolute atomic E-state index is 12.6. The number of hydrogen-bond acceptors (Lipinski definition) is 9. The van der Waals surface area contributed by atoms with Crippen LogP contribution in [-0.4, -0.2) is 85.2 Å². The van der Waals surface area contributed by atoms with Crippen LogP contribution in [-0.2, 0) is 25.6 Å². The number of ether oxygens (including phenoxy) is 4. The molecule has 31 heavy (non-hydrogen) atoms. The average Bonchev–Trinajstić information content (AvgIpc) is 2.75. The second-order valence-electron chi connectivity index (χ2n) is 6.89. The molecule has 0 aromatic heterocycles. The van der Waals surface area contributed by atoms with Crippen molar-refractivity contribution in [1.29, 1.82) is 0 Å². The van der Waals surface area contributed by atoms with Crippen molar-refractivity contribution in [3.8, 4) is 5.75 Å². The molecule has 0 radical (unpaired) electrons. The molecule has 1 aliphatic rings. The van der Waals surface area contributed by atoms with Gasteiger partial charge in [-0.15, -0.1) is 0 Å². The quantitative estimate of drug-likeness (QED) is 0.244. The van der Waals surface area contributed by atoms with Crippen LogP contribution in [0.1, 0.15) is 28.8 Å². The zero-order chi connectivity index (χ0) is 22.6. The average molecular weight is 442 g/mol. The van der Waals surface area contributed by atoms with Gasteiger partial charge in [0.1, 0.15) is 5.75 Å². The van der Waals surface area contributed by atoms with Crippen molar-refractivity contribution >= 4 is 11.9 Å². The molecule has 1 aromatic carbocycles. The van der Waals surface area contributed by atoms with Gasteiger partial charge < -0.3 is 45.3 Å². The summed E-state index contributed by atoms with van der Waals surface area (Å²) in [6.45, 7) is 1.91. The number of carbonyl (C=O) groups excluding carboxylic acids is 1. The molecule has 11 heteroatoms. The van der Waals surface area contributed by atoms with Crippen molar-refractivity contribution in [3.05, 3.63) is 29.3 Å². The molecule has 3 atom stereocenters.